The van der Waals surface area contributed by atoms with Crippen LogP contribution in [0.4, 0.5) is 13.2 Å². The highest BCUT2D eigenvalue weighted by Crippen LogP contribution is 2.59. The summed E-state index contributed by atoms with van der Waals surface area (Å²) in [5.41, 5.74) is -2.01. The summed E-state index contributed by atoms with van der Waals surface area (Å²) in [5, 5.41) is 0. The molecule has 0 aromatic rings. The first-order chi connectivity index (χ1) is 6.37. The summed E-state index contributed by atoms with van der Waals surface area (Å²) in [6, 6.07) is 0. The third-order valence-corrected chi connectivity index (χ3v) is 3.05. The molecule has 0 spiro atoms. The molecule has 1 amide bonds. The Morgan fingerprint density at radius 3 is 2.14 bits per heavy atom. The lowest BCUT2D eigenvalue weighted by atomic mass is 9.97. The quantitative estimate of drug-likeness (QED) is 0.642. The van der Waals surface area contributed by atoms with Gasteiger partial charge in [0.1, 0.15) is 5.41 Å². The third-order valence-electron chi connectivity index (χ3n) is 3.05. The van der Waals surface area contributed by atoms with Crippen LogP contribution in [0, 0.1) is 11.3 Å². The van der Waals surface area contributed by atoms with Gasteiger partial charge in [-0.3, -0.25) is 4.79 Å². The Hall–Kier alpha value is -0.740. The van der Waals surface area contributed by atoms with Crippen molar-refractivity contribution in [3.05, 3.63) is 0 Å². The molecule has 5 heteroatoms. The summed E-state index contributed by atoms with van der Waals surface area (Å²) < 4.78 is 37.6. The number of carbonyl (C=O) groups excluding carboxylic acids is 1. The number of halogens is 3. The summed E-state index contributed by atoms with van der Waals surface area (Å²) in [4.78, 5) is 12.8. The Labute approximate surface area is 80.1 Å². The summed E-state index contributed by atoms with van der Waals surface area (Å²) in [5.74, 6) is -0.355. The number of rotatable bonds is 1. The number of likely N-dealkylation sites (tertiary alicyclic amines) is 1. The average molecular weight is 207 g/mol. The van der Waals surface area contributed by atoms with Crippen molar-refractivity contribution >= 4 is 5.91 Å². The Balaban J connectivity index is 2.05. The van der Waals surface area contributed by atoms with Crippen LogP contribution in [0.3, 0.4) is 0 Å². The van der Waals surface area contributed by atoms with Gasteiger partial charge in [-0.2, -0.15) is 13.2 Å². The molecular weight excluding hydrogens is 195 g/mol. The Morgan fingerprint density at radius 2 is 1.86 bits per heavy atom. The van der Waals surface area contributed by atoms with E-state index >= 15 is 0 Å². The van der Waals surface area contributed by atoms with Gasteiger partial charge in [0.2, 0.25) is 5.91 Å². The van der Waals surface area contributed by atoms with Crippen LogP contribution in [-0.2, 0) is 4.79 Å². The zero-order chi connectivity index (χ0) is 10.6. The second-order valence-electron chi connectivity index (χ2n) is 4.40. The predicted octanol–water partition coefficient (Wildman–Crippen LogP) is 1.81. The van der Waals surface area contributed by atoms with E-state index in [1.54, 1.807) is 0 Å². The highest BCUT2D eigenvalue weighted by molar-refractivity contribution is 5.87. The molecule has 2 fully saturated rings. The molecule has 0 bridgehead atoms. The highest BCUT2D eigenvalue weighted by atomic mass is 19.4. The van der Waals surface area contributed by atoms with Crippen LogP contribution in [0.5, 0.6) is 0 Å². The first kappa shape index (κ1) is 9.80. The number of nitrogens with zero attached hydrogens (tertiary/aromatic N) is 1. The monoisotopic (exact) mass is 207 g/mol. The van der Waals surface area contributed by atoms with Crippen LogP contribution in [0.1, 0.15) is 19.8 Å². The second kappa shape index (κ2) is 2.64. The molecular formula is C9H12F3NO. The molecule has 0 atom stereocenters. The molecule has 1 heterocycles. The first-order valence-corrected chi connectivity index (χ1v) is 4.73. The van der Waals surface area contributed by atoms with Crippen molar-refractivity contribution in [1.82, 2.24) is 4.90 Å². The number of hydrogen-bond donors (Lipinski definition) is 0. The average Bonchev–Trinajstić information content (AvgIpc) is 2.75. The maximum atomic E-state index is 12.5. The van der Waals surface area contributed by atoms with Crippen LogP contribution in [0.15, 0.2) is 0 Å². The van der Waals surface area contributed by atoms with Crippen LogP contribution in [-0.4, -0.2) is 30.1 Å². The van der Waals surface area contributed by atoms with Gasteiger partial charge in [-0.1, -0.05) is 6.92 Å². The summed E-state index contributed by atoms with van der Waals surface area (Å²) >= 11 is 0. The molecule has 0 unspecified atom stereocenters. The fourth-order valence-electron chi connectivity index (χ4n) is 1.91. The van der Waals surface area contributed by atoms with Gasteiger partial charge in [-0.25, -0.2) is 0 Å². The molecule has 1 saturated carbocycles. The minimum atomic E-state index is -4.36. The maximum Gasteiger partial charge on any atom is 0.403 e. The fraction of sp³-hybridized carbons (Fsp3) is 0.889. The lowest BCUT2D eigenvalue weighted by molar-refractivity contribution is -0.201. The Bertz CT molecular complexity index is 264. The van der Waals surface area contributed by atoms with Crippen molar-refractivity contribution in [2.75, 3.05) is 13.1 Å². The molecule has 2 nitrogen and oxygen atoms in total. The fourth-order valence-corrected chi connectivity index (χ4v) is 1.91. The number of carbonyl (C=O) groups is 1. The zero-order valence-electron chi connectivity index (χ0n) is 7.90. The van der Waals surface area contributed by atoms with Crippen molar-refractivity contribution < 1.29 is 18.0 Å². The molecule has 0 aromatic carbocycles. The van der Waals surface area contributed by atoms with Gasteiger partial charge in [0, 0.05) is 13.1 Å². The molecule has 80 valence electrons. The minimum Gasteiger partial charge on any atom is -0.341 e. The van der Waals surface area contributed by atoms with Crippen LogP contribution < -0.4 is 0 Å². The number of hydrogen-bond acceptors (Lipinski definition) is 1. The lowest BCUT2D eigenvalue weighted by Crippen LogP contribution is -2.54. The van der Waals surface area contributed by atoms with Gasteiger partial charge in [0.05, 0.1) is 0 Å². The second-order valence-corrected chi connectivity index (χ2v) is 4.40. The smallest absolute Gasteiger partial charge is 0.341 e. The lowest BCUT2D eigenvalue weighted by Gasteiger charge is -2.39. The number of amides is 1. The molecule has 0 aromatic heterocycles. The topological polar surface area (TPSA) is 20.3 Å². The van der Waals surface area contributed by atoms with Gasteiger partial charge < -0.3 is 4.90 Å². The Kier molecular flexibility index (Phi) is 1.85. The molecule has 1 aliphatic carbocycles. The van der Waals surface area contributed by atoms with Crippen molar-refractivity contribution in [2.45, 2.75) is 25.9 Å². The van der Waals surface area contributed by atoms with E-state index in [-0.39, 0.29) is 12.8 Å². The van der Waals surface area contributed by atoms with Crippen LogP contribution in [0.2, 0.25) is 0 Å². The van der Waals surface area contributed by atoms with Crippen LogP contribution in [0.25, 0.3) is 0 Å². The maximum absolute atomic E-state index is 12.5. The Morgan fingerprint density at radius 1 is 1.36 bits per heavy atom. The van der Waals surface area contributed by atoms with Gasteiger partial charge in [0.25, 0.3) is 0 Å². The first-order valence-electron chi connectivity index (χ1n) is 4.73. The van der Waals surface area contributed by atoms with E-state index in [1.807, 2.05) is 6.92 Å². The normalized spacial score (nSPS) is 25.9. The SMILES string of the molecule is CC1CN(C(=O)C2(C(F)(F)F)CC2)C1. The van der Waals surface area contributed by atoms with E-state index in [0.717, 1.165) is 0 Å². The third kappa shape index (κ3) is 1.21. The molecule has 2 aliphatic rings. The molecule has 1 saturated heterocycles. The van der Waals surface area contributed by atoms with E-state index in [2.05, 4.69) is 0 Å². The van der Waals surface area contributed by atoms with Gasteiger partial charge in [-0.05, 0) is 18.8 Å². The summed E-state index contributed by atoms with van der Waals surface area (Å²) in [6.45, 7) is 2.89. The van der Waals surface area contributed by atoms with E-state index in [0.29, 0.717) is 19.0 Å². The van der Waals surface area contributed by atoms with Crippen LogP contribution >= 0.6 is 0 Å². The van der Waals surface area contributed by atoms with Crippen molar-refractivity contribution in [3.63, 3.8) is 0 Å². The van der Waals surface area contributed by atoms with Gasteiger partial charge in [-0.15, -0.1) is 0 Å². The van der Waals surface area contributed by atoms with Crippen molar-refractivity contribution in [3.8, 4) is 0 Å². The molecule has 2 rings (SSSR count). The highest BCUT2D eigenvalue weighted by Gasteiger charge is 2.69. The molecule has 0 N–H and O–H groups in total. The standard InChI is InChI=1S/C9H12F3NO/c1-6-4-13(5-6)7(14)8(2-3-8)9(10,11)12/h6H,2-5H2,1H3. The number of alkyl halides is 3. The van der Waals surface area contributed by atoms with Crippen molar-refractivity contribution in [2.24, 2.45) is 11.3 Å². The summed E-state index contributed by atoms with van der Waals surface area (Å²) in [7, 11) is 0. The minimum absolute atomic E-state index is 0.0276. The van der Waals surface area contributed by atoms with E-state index in [9.17, 15) is 18.0 Å². The van der Waals surface area contributed by atoms with E-state index in [1.165, 1.54) is 4.90 Å². The molecule has 1 aliphatic heterocycles. The largest absolute Gasteiger partial charge is 0.403 e. The van der Waals surface area contributed by atoms with Gasteiger partial charge >= 0.3 is 6.18 Å². The zero-order valence-corrected chi connectivity index (χ0v) is 7.90. The van der Waals surface area contributed by atoms with E-state index in [4.69, 9.17) is 0 Å². The van der Waals surface area contributed by atoms with E-state index < -0.39 is 17.5 Å². The molecule has 14 heavy (non-hydrogen) atoms. The van der Waals surface area contributed by atoms with Gasteiger partial charge in [0.15, 0.2) is 0 Å². The summed E-state index contributed by atoms with van der Waals surface area (Å²) in [6.07, 6.45) is -4.41. The molecule has 0 radical (unpaired) electrons. The van der Waals surface area contributed by atoms with Crippen molar-refractivity contribution in [1.29, 1.82) is 0 Å². The predicted molar refractivity (Wildman–Crippen MR) is 43.5 cm³/mol.